The average molecular weight is 554 g/mol. The molecule has 0 bridgehead atoms. The van der Waals surface area contributed by atoms with Crippen molar-refractivity contribution in [2.24, 2.45) is 0 Å². The maximum absolute atomic E-state index is 13.5. The Balaban J connectivity index is 1.87. The summed E-state index contributed by atoms with van der Waals surface area (Å²) in [6.45, 7) is 1.18. The molecule has 1 atom stereocenters. The summed E-state index contributed by atoms with van der Waals surface area (Å²) in [7, 11) is -3.79. The highest BCUT2D eigenvalue weighted by Crippen LogP contribution is 2.23. The number of carbonyl (C=O) groups excluding carboxylic acids is 2. The number of hydrogen-bond acceptors (Lipinski definition) is 4. The van der Waals surface area contributed by atoms with Crippen molar-refractivity contribution in [3.8, 4) is 0 Å². The lowest BCUT2D eigenvalue weighted by atomic mass is 10.1. The van der Waals surface area contributed by atoms with E-state index in [1.807, 2.05) is 0 Å². The van der Waals surface area contributed by atoms with E-state index in [2.05, 4.69) is 21.2 Å². The second-order valence-corrected chi connectivity index (χ2v) is 11.4. The number of amides is 2. The van der Waals surface area contributed by atoms with Crippen LogP contribution in [-0.4, -0.2) is 50.0 Å². The molecule has 0 saturated heterocycles. The average Bonchev–Trinajstić information content (AvgIpc) is 3.28. The second-order valence-electron chi connectivity index (χ2n) is 8.56. The number of sulfonamides is 1. The zero-order valence-corrected chi connectivity index (χ0v) is 21.6. The molecule has 0 aliphatic heterocycles. The number of rotatable bonds is 9. The summed E-state index contributed by atoms with van der Waals surface area (Å²) in [6, 6.07) is 11.5. The Morgan fingerprint density at radius 1 is 1.15 bits per heavy atom. The Morgan fingerprint density at radius 2 is 1.79 bits per heavy atom. The molecule has 0 radical (unpaired) electrons. The molecule has 0 heterocycles. The fourth-order valence-electron chi connectivity index (χ4n) is 4.01. The van der Waals surface area contributed by atoms with Gasteiger partial charge in [-0.1, -0.05) is 47.0 Å². The first kappa shape index (κ1) is 26.2. The molecule has 1 fully saturated rings. The van der Waals surface area contributed by atoms with Gasteiger partial charge in [-0.15, -0.1) is 0 Å². The largest absolute Gasteiger partial charge is 0.352 e. The second kappa shape index (κ2) is 11.3. The highest BCUT2D eigenvalue weighted by molar-refractivity contribution is 9.10. The van der Waals surface area contributed by atoms with Crippen LogP contribution in [0, 0.1) is 5.82 Å². The van der Waals surface area contributed by atoms with E-state index >= 15 is 0 Å². The Morgan fingerprint density at radius 3 is 2.38 bits per heavy atom. The van der Waals surface area contributed by atoms with Crippen molar-refractivity contribution < 1.29 is 22.4 Å². The summed E-state index contributed by atoms with van der Waals surface area (Å²) in [5.41, 5.74) is 0.957. The van der Waals surface area contributed by atoms with Crippen LogP contribution < -0.4 is 9.62 Å². The Bertz CT molecular complexity index is 1120. The third kappa shape index (κ3) is 7.02. The van der Waals surface area contributed by atoms with Gasteiger partial charge in [0.05, 0.1) is 11.9 Å². The number of hydrogen-bond donors (Lipinski definition) is 1. The van der Waals surface area contributed by atoms with Crippen molar-refractivity contribution >= 4 is 43.5 Å². The number of benzene rings is 2. The first-order chi connectivity index (χ1) is 16.0. The smallest absolute Gasteiger partial charge is 0.244 e. The molecule has 3 rings (SSSR count). The summed E-state index contributed by atoms with van der Waals surface area (Å²) in [5.74, 6) is -1.24. The fourth-order valence-corrected chi connectivity index (χ4v) is 5.23. The molecule has 1 N–H and O–H groups in total. The predicted molar refractivity (Wildman–Crippen MR) is 133 cm³/mol. The van der Waals surface area contributed by atoms with Crippen LogP contribution in [0.25, 0.3) is 0 Å². The highest BCUT2D eigenvalue weighted by atomic mass is 79.9. The van der Waals surface area contributed by atoms with Gasteiger partial charge in [-0.3, -0.25) is 13.9 Å². The highest BCUT2D eigenvalue weighted by Gasteiger charge is 2.31. The number of nitrogens with one attached hydrogen (secondary N) is 1. The minimum Gasteiger partial charge on any atom is -0.352 e. The van der Waals surface area contributed by atoms with E-state index in [9.17, 15) is 22.4 Å². The van der Waals surface area contributed by atoms with Crippen molar-refractivity contribution in [2.75, 3.05) is 17.1 Å². The third-order valence-electron chi connectivity index (χ3n) is 5.91. The first-order valence-corrected chi connectivity index (χ1v) is 13.8. The van der Waals surface area contributed by atoms with Crippen molar-refractivity contribution in [2.45, 2.75) is 51.2 Å². The van der Waals surface area contributed by atoms with Crippen LogP contribution in [-0.2, 0) is 26.2 Å². The van der Waals surface area contributed by atoms with Crippen LogP contribution in [0.5, 0.6) is 0 Å². The molecule has 0 unspecified atom stereocenters. The van der Waals surface area contributed by atoms with Gasteiger partial charge in [0, 0.05) is 17.1 Å². The van der Waals surface area contributed by atoms with E-state index in [0.717, 1.165) is 36.2 Å². The molecule has 0 aromatic heterocycles. The van der Waals surface area contributed by atoms with Gasteiger partial charge in [-0.25, -0.2) is 12.8 Å². The van der Waals surface area contributed by atoms with E-state index in [-0.39, 0.29) is 18.5 Å². The van der Waals surface area contributed by atoms with Crippen LogP contribution in [0.4, 0.5) is 10.1 Å². The Hall–Kier alpha value is -2.46. The standard InChI is InChI=1S/C24H29BrFN3O4S/c1-17(24(31)27-21-7-3-4-8-21)28(15-18-10-12-20(26)13-11-18)23(30)16-29(34(2,32)33)22-9-5-6-19(25)14-22/h5-6,9-14,17,21H,3-4,7-8,15-16H2,1-2H3,(H,27,31)/t17-/m1/s1. The normalized spacial score (nSPS) is 15.1. The maximum Gasteiger partial charge on any atom is 0.244 e. The molecule has 1 aliphatic rings. The van der Waals surface area contributed by atoms with Gasteiger partial charge >= 0.3 is 0 Å². The van der Waals surface area contributed by atoms with Gasteiger partial charge in [0.15, 0.2) is 0 Å². The minimum atomic E-state index is -3.79. The number of anilines is 1. The van der Waals surface area contributed by atoms with E-state index in [1.165, 1.54) is 17.0 Å². The zero-order valence-electron chi connectivity index (χ0n) is 19.2. The molecule has 2 aromatic rings. The zero-order chi connectivity index (χ0) is 24.9. The molecular weight excluding hydrogens is 525 g/mol. The number of nitrogens with zero attached hydrogens (tertiary/aromatic N) is 2. The van der Waals surface area contributed by atoms with E-state index in [4.69, 9.17) is 0 Å². The number of halogens is 2. The number of carbonyl (C=O) groups is 2. The molecule has 1 aliphatic carbocycles. The topological polar surface area (TPSA) is 86.8 Å². The van der Waals surface area contributed by atoms with Crippen LogP contribution in [0.2, 0.25) is 0 Å². The van der Waals surface area contributed by atoms with E-state index in [1.54, 1.807) is 43.3 Å². The van der Waals surface area contributed by atoms with Gasteiger partial charge in [0.2, 0.25) is 21.8 Å². The maximum atomic E-state index is 13.5. The third-order valence-corrected chi connectivity index (χ3v) is 7.54. The van der Waals surface area contributed by atoms with Gasteiger partial charge in [0.1, 0.15) is 18.4 Å². The molecular formula is C24H29BrFN3O4S. The van der Waals surface area contributed by atoms with Crippen molar-refractivity contribution in [1.82, 2.24) is 10.2 Å². The van der Waals surface area contributed by atoms with Gasteiger partial charge in [-0.05, 0) is 55.7 Å². The van der Waals surface area contributed by atoms with Crippen LogP contribution in [0.1, 0.15) is 38.2 Å². The molecule has 0 spiro atoms. The first-order valence-electron chi connectivity index (χ1n) is 11.1. The molecule has 1 saturated carbocycles. The van der Waals surface area contributed by atoms with Crippen molar-refractivity contribution in [1.29, 1.82) is 0 Å². The summed E-state index contributed by atoms with van der Waals surface area (Å²) in [4.78, 5) is 27.8. The van der Waals surface area contributed by atoms with Crippen LogP contribution in [0.3, 0.4) is 0 Å². The molecule has 184 valence electrons. The van der Waals surface area contributed by atoms with Crippen LogP contribution >= 0.6 is 15.9 Å². The van der Waals surface area contributed by atoms with Crippen molar-refractivity contribution in [3.63, 3.8) is 0 Å². The fraction of sp³-hybridized carbons (Fsp3) is 0.417. The van der Waals surface area contributed by atoms with Gasteiger partial charge < -0.3 is 10.2 Å². The summed E-state index contributed by atoms with van der Waals surface area (Å²) in [5, 5.41) is 3.00. The van der Waals surface area contributed by atoms with Crippen molar-refractivity contribution in [3.05, 3.63) is 64.4 Å². The lowest BCUT2D eigenvalue weighted by Crippen LogP contribution is -2.52. The monoisotopic (exact) mass is 553 g/mol. The van der Waals surface area contributed by atoms with E-state index < -0.39 is 34.3 Å². The Labute approximate surface area is 208 Å². The summed E-state index contributed by atoms with van der Waals surface area (Å²) in [6.07, 6.45) is 4.92. The Kier molecular flexibility index (Phi) is 8.70. The summed E-state index contributed by atoms with van der Waals surface area (Å²) >= 11 is 3.33. The molecule has 2 aromatic carbocycles. The SMILES string of the molecule is C[C@H](C(=O)NC1CCCC1)N(Cc1ccc(F)cc1)C(=O)CN(c1cccc(Br)c1)S(C)(=O)=O. The van der Waals surface area contributed by atoms with Gasteiger partial charge in [-0.2, -0.15) is 0 Å². The predicted octanol–water partition coefficient (Wildman–Crippen LogP) is 3.83. The molecule has 34 heavy (non-hydrogen) atoms. The lowest BCUT2D eigenvalue weighted by molar-refractivity contribution is -0.139. The van der Waals surface area contributed by atoms with Gasteiger partial charge in [0.25, 0.3) is 0 Å². The van der Waals surface area contributed by atoms with Crippen LogP contribution in [0.15, 0.2) is 53.0 Å². The summed E-state index contributed by atoms with van der Waals surface area (Å²) < 4.78 is 40.2. The molecule has 10 heteroatoms. The molecule has 7 nitrogen and oxygen atoms in total. The van der Waals surface area contributed by atoms with E-state index in [0.29, 0.717) is 15.7 Å². The lowest BCUT2D eigenvalue weighted by Gasteiger charge is -2.32. The quantitative estimate of drug-likeness (QED) is 0.511. The molecule has 2 amide bonds. The minimum absolute atomic E-state index is 0.0362.